The van der Waals surface area contributed by atoms with E-state index < -0.39 is 35.3 Å². The molecule has 8 aromatic rings. The number of anilines is 2. The van der Waals surface area contributed by atoms with E-state index in [1.807, 2.05) is 117 Å². The summed E-state index contributed by atoms with van der Waals surface area (Å²) in [5.41, 5.74) is 18.8. The van der Waals surface area contributed by atoms with Gasteiger partial charge < -0.3 is 37.1 Å². The van der Waals surface area contributed by atoms with Crippen LogP contribution in [0.25, 0.3) is 21.5 Å². The maximum atomic E-state index is 15.0. The zero-order valence-corrected chi connectivity index (χ0v) is 37.8. The van der Waals surface area contributed by atoms with Crippen LogP contribution in [0, 0.1) is 13.8 Å². The zero-order chi connectivity index (χ0) is 48.4. The van der Waals surface area contributed by atoms with E-state index in [0.29, 0.717) is 34.7 Å². The molecule has 13 nitrogen and oxygen atoms in total. The first kappa shape index (κ1) is 47.7. The summed E-state index contributed by atoms with van der Waals surface area (Å²) in [5, 5.41) is 28.5. The van der Waals surface area contributed by atoms with Gasteiger partial charge in [-0.25, -0.2) is 9.59 Å². The van der Waals surface area contributed by atoms with Crippen LogP contribution in [0.5, 0.6) is 5.75 Å². The van der Waals surface area contributed by atoms with Gasteiger partial charge in [0.05, 0.1) is 30.2 Å². The summed E-state index contributed by atoms with van der Waals surface area (Å²) in [5.74, 6) is -2.96. The van der Waals surface area contributed by atoms with Crippen LogP contribution in [0.3, 0.4) is 0 Å². The Bertz CT molecular complexity index is 3110. The van der Waals surface area contributed by atoms with Crippen molar-refractivity contribution in [3.05, 3.63) is 209 Å². The molecule has 0 aliphatic rings. The number of pyridine rings is 2. The summed E-state index contributed by atoms with van der Waals surface area (Å²) in [6.45, 7) is 3.50. The molecule has 0 saturated heterocycles. The molecule has 0 spiro atoms. The highest BCUT2D eigenvalue weighted by atomic mass is 16.5. The quantitative estimate of drug-likeness (QED) is 0.0536. The second-order valence-electron chi connectivity index (χ2n) is 16.6. The number of Topliss-reactive ketones (excluding diaryl/α,β-unsaturated/α-hetero) is 1. The van der Waals surface area contributed by atoms with Crippen molar-refractivity contribution in [1.29, 1.82) is 0 Å². The predicted molar refractivity (Wildman–Crippen MR) is 265 cm³/mol. The van der Waals surface area contributed by atoms with Crippen LogP contribution in [0.2, 0.25) is 0 Å². The number of fused-ring (bicyclic) bond motifs is 2. The number of hydrogen-bond acceptors (Lipinski definition) is 10. The number of carboxylic acids is 2. The van der Waals surface area contributed by atoms with Crippen LogP contribution >= 0.6 is 0 Å². The lowest BCUT2D eigenvalue weighted by atomic mass is 9.74. The van der Waals surface area contributed by atoms with Gasteiger partial charge in [-0.3, -0.25) is 19.6 Å². The van der Waals surface area contributed by atoms with E-state index in [0.717, 1.165) is 43.8 Å². The summed E-state index contributed by atoms with van der Waals surface area (Å²) in [6.07, 6.45) is 7.38. The Morgan fingerprint density at radius 3 is 1.94 bits per heavy atom. The molecular weight excluding hydrogens is 857 g/mol. The highest BCUT2D eigenvalue weighted by Gasteiger charge is 2.49. The molecule has 1 amide bonds. The van der Waals surface area contributed by atoms with E-state index in [1.54, 1.807) is 49.1 Å². The third-order valence-corrected chi connectivity index (χ3v) is 12.2. The van der Waals surface area contributed by atoms with Crippen molar-refractivity contribution in [3.8, 4) is 5.75 Å². The standard InChI is InChI=1S/C47H44N6O4.C8H8O3/c1-29-11-16-40(45(55)56)30(2)41(29)22-32-9-6-10-35(21-32)43(42(54)23-31-7-4-3-5-8-31)44(49)47(28-48,53-39-15-13-37-27-51-20-18-34(37)25-39)46(57)52-38-14-12-36-26-50-19-17-33(36)24-38;1-11-7-4-2-6(3-5-7)8(9)10/h3-21,24-27,43-44,53H,22-23,28,48-49H2,1-2H3,(H,52,57)(H,55,56);2-5H,1H3,(H,9,10). The average molecular weight is 909 g/mol. The van der Waals surface area contributed by atoms with Crippen LogP contribution < -0.4 is 26.8 Å². The monoisotopic (exact) mass is 908 g/mol. The number of aryl methyl sites for hydroxylation is 1. The molecule has 0 aliphatic carbocycles. The number of rotatable bonds is 16. The highest BCUT2D eigenvalue weighted by molar-refractivity contribution is 6.04. The molecule has 13 heteroatoms. The minimum absolute atomic E-state index is 0.0618. The fourth-order valence-electron chi connectivity index (χ4n) is 8.41. The van der Waals surface area contributed by atoms with Gasteiger partial charge in [-0.15, -0.1) is 0 Å². The number of ketones is 1. The van der Waals surface area contributed by atoms with Crippen molar-refractivity contribution < 1.29 is 34.1 Å². The predicted octanol–water partition coefficient (Wildman–Crippen LogP) is 8.75. The average Bonchev–Trinajstić information content (AvgIpc) is 3.35. The minimum Gasteiger partial charge on any atom is -0.497 e. The molecule has 2 heterocycles. The first-order valence-corrected chi connectivity index (χ1v) is 21.9. The van der Waals surface area contributed by atoms with Gasteiger partial charge in [-0.1, -0.05) is 72.8 Å². The molecule has 0 saturated carbocycles. The van der Waals surface area contributed by atoms with Gasteiger partial charge in [0, 0.05) is 59.9 Å². The van der Waals surface area contributed by atoms with Crippen molar-refractivity contribution in [2.45, 2.75) is 44.2 Å². The summed E-state index contributed by atoms with van der Waals surface area (Å²) in [4.78, 5) is 60.6. The molecule has 0 radical (unpaired) electrons. The van der Waals surface area contributed by atoms with Gasteiger partial charge in [0.1, 0.15) is 17.1 Å². The number of amides is 1. The lowest BCUT2D eigenvalue weighted by Crippen LogP contribution is -2.68. The first-order chi connectivity index (χ1) is 32.8. The molecule has 0 bridgehead atoms. The number of aromatic nitrogens is 2. The number of hydrogen-bond donors (Lipinski definition) is 6. The number of carbonyl (C=O) groups excluding carboxylic acids is 2. The number of nitrogens with one attached hydrogen (secondary N) is 2. The molecule has 0 aliphatic heterocycles. The molecule has 6 aromatic carbocycles. The number of benzene rings is 6. The van der Waals surface area contributed by atoms with Crippen molar-refractivity contribution in [3.63, 3.8) is 0 Å². The molecule has 3 atom stereocenters. The Morgan fingerprint density at radius 2 is 1.32 bits per heavy atom. The Morgan fingerprint density at radius 1 is 0.691 bits per heavy atom. The van der Waals surface area contributed by atoms with E-state index >= 15 is 0 Å². The van der Waals surface area contributed by atoms with Crippen molar-refractivity contribution in [1.82, 2.24) is 9.97 Å². The van der Waals surface area contributed by atoms with Gasteiger partial charge in [0.2, 0.25) is 0 Å². The fraction of sp³-hybridized carbons (Fsp3) is 0.164. The molecule has 2 aromatic heterocycles. The third-order valence-electron chi connectivity index (χ3n) is 12.2. The molecule has 344 valence electrons. The van der Waals surface area contributed by atoms with Crippen LogP contribution in [-0.4, -0.2) is 69.0 Å². The first-order valence-electron chi connectivity index (χ1n) is 21.9. The van der Waals surface area contributed by atoms with E-state index in [4.69, 9.17) is 21.3 Å². The van der Waals surface area contributed by atoms with Gasteiger partial charge in [0.15, 0.2) is 0 Å². The second kappa shape index (κ2) is 21.4. The summed E-state index contributed by atoms with van der Waals surface area (Å²) >= 11 is 0. The Kier molecular flexibility index (Phi) is 15.0. The summed E-state index contributed by atoms with van der Waals surface area (Å²) in [6, 6.07) is 40.4. The fourth-order valence-corrected chi connectivity index (χ4v) is 8.41. The summed E-state index contributed by atoms with van der Waals surface area (Å²) in [7, 11) is 1.54. The SMILES string of the molecule is COc1ccc(C(=O)O)cc1.Cc1ccc(C(=O)O)c(C)c1Cc1cccc(C(C(=O)Cc2ccccc2)C(N)C(CN)(Nc2ccc3cnccc3c2)C(=O)Nc2ccc3cnccc3c2)c1. The smallest absolute Gasteiger partial charge is 0.335 e. The normalized spacial score (nSPS) is 12.7. The van der Waals surface area contributed by atoms with E-state index in [1.165, 1.54) is 19.2 Å². The van der Waals surface area contributed by atoms with Gasteiger partial charge >= 0.3 is 11.9 Å². The van der Waals surface area contributed by atoms with Gasteiger partial charge in [-0.2, -0.15) is 0 Å². The summed E-state index contributed by atoms with van der Waals surface area (Å²) < 4.78 is 4.86. The van der Waals surface area contributed by atoms with Crippen LogP contribution in [0.1, 0.15) is 60.0 Å². The lowest BCUT2D eigenvalue weighted by molar-refractivity contribution is -0.123. The number of carbonyl (C=O) groups is 4. The Labute approximate surface area is 393 Å². The van der Waals surface area contributed by atoms with E-state index in [2.05, 4.69) is 20.6 Å². The minimum atomic E-state index is -1.72. The Hall–Kier alpha value is -8.26. The van der Waals surface area contributed by atoms with E-state index in [9.17, 15) is 24.3 Å². The van der Waals surface area contributed by atoms with Crippen molar-refractivity contribution in [2.24, 2.45) is 11.5 Å². The van der Waals surface area contributed by atoms with E-state index in [-0.39, 0.29) is 29.9 Å². The molecule has 8 rings (SSSR count). The number of methoxy groups -OCH3 is 1. The molecule has 0 fully saturated rings. The lowest BCUT2D eigenvalue weighted by Gasteiger charge is -2.41. The molecule has 68 heavy (non-hydrogen) atoms. The van der Waals surface area contributed by atoms with Crippen LogP contribution in [0.15, 0.2) is 164 Å². The molecular formula is C55H52N6O7. The Balaban J connectivity index is 0.000000548. The van der Waals surface area contributed by atoms with Gasteiger partial charge in [-0.05, 0) is 131 Å². The van der Waals surface area contributed by atoms with Crippen LogP contribution in [0.4, 0.5) is 11.4 Å². The number of aromatic carboxylic acids is 2. The number of ether oxygens (including phenoxy) is 1. The van der Waals surface area contributed by atoms with Crippen molar-refractivity contribution >= 4 is 56.5 Å². The van der Waals surface area contributed by atoms with Gasteiger partial charge in [0.25, 0.3) is 5.91 Å². The number of carboxylic acid groups (broad SMARTS) is 2. The molecule has 8 N–H and O–H groups in total. The molecule has 3 unspecified atom stereocenters. The number of nitrogens with zero attached hydrogens (tertiary/aromatic N) is 2. The largest absolute Gasteiger partial charge is 0.497 e. The van der Waals surface area contributed by atoms with Crippen molar-refractivity contribution in [2.75, 3.05) is 24.3 Å². The van der Waals surface area contributed by atoms with Crippen LogP contribution in [-0.2, 0) is 22.4 Å². The second-order valence-corrected chi connectivity index (χ2v) is 16.6. The topological polar surface area (TPSA) is 220 Å². The maximum absolute atomic E-state index is 15.0. The number of nitrogens with two attached hydrogens (primary N) is 2. The zero-order valence-electron chi connectivity index (χ0n) is 37.8. The third kappa shape index (κ3) is 10.9. The highest BCUT2D eigenvalue weighted by Crippen LogP contribution is 2.34. The maximum Gasteiger partial charge on any atom is 0.335 e.